The van der Waals surface area contributed by atoms with Crippen LogP contribution in [0.2, 0.25) is 20.9 Å². The molecule has 4 aromatic rings. The predicted octanol–water partition coefficient (Wildman–Crippen LogP) is 4.54. The van der Waals surface area contributed by atoms with Crippen molar-refractivity contribution in [3.05, 3.63) is 45.4 Å². The smallest absolute Gasteiger partial charge is 0.224 e. The molecule has 118 valence electrons. The Morgan fingerprint density at radius 2 is 1.52 bits per heavy atom. The summed E-state index contributed by atoms with van der Waals surface area (Å²) in [6.45, 7) is 0. The largest absolute Gasteiger partial charge is 0.357 e. The summed E-state index contributed by atoms with van der Waals surface area (Å²) in [5.74, 6) is 0. The molecule has 1 N–H and O–H groups in total. The summed E-state index contributed by atoms with van der Waals surface area (Å²) in [6.07, 6.45) is 3.60. The lowest BCUT2D eigenvalue weighted by Crippen LogP contribution is -1.89. The lowest BCUT2D eigenvalue weighted by atomic mass is 10.5. The summed E-state index contributed by atoms with van der Waals surface area (Å²) < 4.78 is 1.86. The van der Waals surface area contributed by atoms with Gasteiger partial charge in [0.15, 0.2) is 10.3 Å². The maximum atomic E-state index is 5.85. The maximum Gasteiger partial charge on any atom is 0.224 e. The number of aryl methyl sites for hydroxylation is 1. The van der Waals surface area contributed by atoms with Gasteiger partial charge in [0.2, 0.25) is 10.6 Å². The van der Waals surface area contributed by atoms with Crippen LogP contribution >= 0.6 is 46.4 Å². The molecule has 4 heterocycles. The molecule has 4 aromatic heterocycles. The van der Waals surface area contributed by atoms with E-state index >= 15 is 0 Å². The monoisotopic (exact) mass is 388 g/mol. The van der Waals surface area contributed by atoms with Crippen molar-refractivity contribution in [2.24, 2.45) is 7.05 Å². The van der Waals surface area contributed by atoms with Gasteiger partial charge in [0.05, 0.1) is 11.0 Å². The minimum absolute atomic E-state index is 0.169. The Morgan fingerprint density at radius 3 is 2.26 bits per heavy atom. The van der Waals surface area contributed by atoms with Crippen LogP contribution in [0.25, 0.3) is 22.1 Å². The van der Waals surface area contributed by atoms with Crippen LogP contribution in [0.3, 0.4) is 0 Å². The van der Waals surface area contributed by atoms with Crippen LogP contribution in [0.4, 0.5) is 0 Å². The van der Waals surface area contributed by atoms with E-state index < -0.39 is 0 Å². The van der Waals surface area contributed by atoms with Gasteiger partial charge >= 0.3 is 0 Å². The zero-order valence-electron chi connectivity index (χ0n) is 11.6. The first-order chi connectivity index (χ1) is 11.0. The molecule has 10 heteroatoms. The zero-order chi connectivity index (χ0) is 16.6. The topological polar surface area (TPSA) is 72.3 Å². The third kappa shape index (κ3) is 3.35. The summed E-state index contributed by atoms with van der Waals surface area (Å²) >= 11 is 22.8. The van der Waals surface area contributed by atoms with Gasteiger partial charge in [-0.25, -0.2) is 19.9 Å². The van der Waals surface area contributed by atoms with Gasteiger partial charge in [-0.05, 0) is 35.3 Å². The lowest BCUT2D eigenvalue weighted by Gasteiger charge is -1.97. The Labute approximate surface area is 150 Å². The molecule has 0 bridgehead atoms. The Balaban J connectivity index is 0.000000136. The number of aromatic amines is 1. The standard InChI is InChI=1S/C7H5Cl2N3.C6H3Cl2N3/c1-12-3-2-4-5(12)6(8)11-7(9)10-4;7-5-4-3(1-2-9-4)10-6(8)11-5/h2-3H,1H3;1-2,9H. The minimum atomic E-state index is 0.169. The molecular weight excluding hydrogens is 382 g/mol. The SMILES string of the molecule is Clc1nc(Cl)c2[nH]ccc2n1.Cn1ccc2nc(Cl)nc(Cl)c21. The second kappa shape index (κ2) is 6.49. The van der Waals surface area contributed by atoms with E-state index in [0.717, 1.165) is 22.1 Å². The van der Waals surface area contributed by atoms with Crippen LogP contribution in [0.15, 0.2) is 24.5 Å². The third-order valence-corrected chi connectivity index (χ3v) is 3.86. The van der Waals surface area contributed by atoms with Gasteiger partial charge in [0.25, 0.3) is 0 Å². The Bertz CT molecular complexity index is 993. The molecule has 6 nitrogen and oxygen atoms in total. The van der Waals surface area contributed by atoms with Crippen molar-refractivity contribution in [3.63, 3.8) is 0 Å². The highest BCUT2D eigenvalue weighted by Crippen LogP contribution is 2.22. The van der Waals surface area contributed by atoms with Gasteiger partial charge in [-0.15, -0.1) is 0 Å². The molecule has 0 unspecified atom stereocenters. The highest BCUT2D eigenvalue weighted by Gasteiger charge is 2.06. The van der Waals surface area contributed by atoms with Crippen molar-refractivity contribution in [3.8, 4) is 0 Å². The molecule has 0 saturated heterocycles. The molecular formula is C13H8Cl4N6. The van der Waals surface area contributed by atoms with Gasteiger partial charge in [-0.2, -0.15) is 0 Å². The molecule has 0 fully saturated rings. The zero-order valence-corrected chi connectivity index (χ0v) is 14.6. The van der Waals surface area contributed by atoms with E-state index in [1.807, 2.05) is 23.9 Å². The van der Waals surface area contributed by atoms with E-state index in [1.54, 1.807) is 12.3 Å². The van der Waals surface area contributed by atoms with Crippen molar-refractivity contribution in [2.45, 2.75) is 0 Å². The predicted molar refractivity (Wildman–Crippen MR) is 92.4 cm³/mol. The fourth-order valence-electron chi connectivity index (χ4n) is 2.00. The number of hydrogen-bond acceptors (Lipinski definition) is 4. The number of aromatic nitrogens is 6. The van der Waals surface area contributed by atoms with Gasteiger partial charge < -0.3 is 9.55 Å². The summed E-state index contributed by atoms with van der Waals surface area (Å²) in [5, 5.41) is 1.09. The van der Waals surface area contributed by atoms with Crippen molar-refractivity contribution in [2.75, 3.05) is 0 Å². The van der Waals surface area contributed by atoms with E-state index in [4.69, 9.17) is 46.4 Å². The molecule has 0 saturated carbocycles. The van der Waals surface area contributed by atoms with Crippen LogP contribution < -0.4 is 0 Å². The Morgan fingerprint density at radius 1 is 0.870 bits per heavy atom. The van der Waals surface area contributed by atoms with Gasteiger partial charge in [-0.3, -0.25) is 0 Å². The van der Waals surface area contributed by atoms with Gasteiger partial charge in [0.1, 0.15) is 11.0 Å². The third-order valence-electron chi connectivity index (χ3n) is 2.98. The molecule has 0 aliphatic rings. The summed E-state index contributed by atoms with van der Waals surface area (Å²) in [7, 11) is 1.88. The number of H-pyrrole nitrogens is 1. The Hall–Kier alpha value is -1.60. The average Bonchev–Trinajstić information content (AvgIpc) is 3.06. The van der Waals surface area contributed by atoms with E-state index in [9.17, 15) is 0 Å². The summed E-state index contributed by atoms with van der Waals surface area (Å²) in [4.78, 5) is 18.4. The first-order valence-electron chi connectivity index (χ1n) is 6.26. The highest BCUT2D eigenvalue weighted by atomic mass is 35.5. The van der Waals surface area contributed by atoms with Crippen molar-refractivity contribution < 1.29 is 0 Å². The normalized spacial score (nSPS) is 10.8. The van der Waals surface area contributed by atoms with Gasteiger partial charge in [-0.1, -0.05) is 23.2 Å². The van der Waals surface area contributed by atoms with Crippen LogP contribution in [0, 0.1) is 0 Å². The quantitative estimate of drug-likeness (QED) is 0.354. The molecule has 0 aliphatic heterocycles. The second-order valence-corrected chi connectivity index (χ2v) is 5.86. The molecule has 23 heavy (non-hydrogen) atoms. The number of nitrogens with zero attached hydrogens (tertiary/aromatic N) is 5. The molecule has 0 aromatic carbocycles. The molecule has 0 amide bonds. The number of hydrogen-bond donors (Lipinski definition) is 1. The fraction of sp³-hybridized carbons (Fsp3) is 0.0769. The number of nitrogens with one attached hydrogen (secondary N) is 1. The maximum absolute atomic E-state index is 5.85. The molecule has 0 spiro atoms. The van der Waals surface area contributed by atoms with Crippen LogP contribution in [-0.2, 0) is 7.05 Å². The fourth-order valence-corrected chi connectivity index (χ4v) is 2.98. The number of halogens is 4. The summed E-state index contributed by atoms with van der Waals surface area (Å²) in [6, 6.07) is 3.63. The van der Waals surface area contributed by atoms with E-state index in [0.29, 0.717) is 10.3 Å². The van der Waals surface area contributed by atoms with E-state index in [1.165, 1.54) is 0 Å². The first kappa shape index (κ1) is 16.3. The van der Waals surface area contributed by atoms with Gasteiger partial charge in [0, 0.05) is 19.4 Å². The van der Waals surface area contributed by atoms with Crippen molar-refractivity contribution in [1.29, 1.82) is 0 Å². The number of fused-ring (bicyclic) bond motifs is 2. The molecule has 0 aliphatic carbocycles. The molecule has 0 radical (unpaired) electrons. The van der Waals surface area contributed by atoms with Crippen LogP contribution in [0.5, 0.6) is 0 Å². The first-order valence-corrected chi connectivity index (χ1v) is 7.77. The highest BCUT2D eigenvalue weighted by molar-refractivity contribution is 6.35. The van der Waals surface area contributed by atoms with E-state index in [2.05, 4.69) is 24.9 Å². The number of rotatable bonds is 0. The lowest BCUT2D eigenvalue weighted by molar-refractivity contribution is 0.963. The summed E-state index contributed by atoms with van der Waals surface area (Å²) in [5.41, 5.74) is 3.02. The molecule has 0 atom stereocenters. The molecule has 4 rings (SSSR count). The average molecular weight is 390 g/mol. The second-order valence-electron chi connectivity index (χ2n) is 4.47. The van der Waals surface area contributed by atoms with E-state index in [-0.39, 0.29) is 10.6 Å². The van der Waals surface area contributed by atoms with Crippen molar-refractivity contribution in [1.82, 2.24) is 29.5 Å². The van der Waals surface area contributed by atoms with Crippen molar-refractivity contribution >= 4 is 68.5 Å². The van der Waals surface area contributed by atoms with Crippen LogP contribution in [-0.4, -0.2) is 29.5 Å². The minimum Gasteiger partial charge on any atom is -0.357 e. The Kier molecular flexibility index (Phi) is 4.59. The van der Waals surface area contributed by atoms with Crippen LogP contribution in [0.1, 0.15) is 0 Å².